The molecule has 3 aromatic carbocycles. The first-order valence-corrected chi connectivity index (χ1v) is 12.1. The minimum absolute atomic E-state index is 0.0406. The highest BCUT2D eigenvalue weighted by molar-refractivity contribution is 7.99. The molecular weight excluding hydrogens is 430 g/mol. The third-order valence-corrected chi connectivity index (χ3v) is 7.33. The number of aryl methyl sites for hydroxylation is 2. The molecule has 1 amide bonds. The molecule has 158 valence electrons. The van der Waals surface area contributed by atoms with Crippen LogP contribution in [0.2, 0.25) is 0 Å². The molecule has 0 aliphatic carbocycles. The molecule has 4 aromatic rings. The molecule has 0 bridgehead atoms. The summed E-state index contributed by atoms with van der Waals surface area (Å²) in [7, 11) is -4.02. The van der Waals surface area contributed by atoms with Gasteiger partial charge in [0.1, 0.15) is 5.58 Å². The summed E-state index contributed by atoms with van der Waals surface area (Å²) < 4.78 is 33.6. The fourth-order valence-corrected chi connectivity index (χ4v) is 5.25. The van der Waals surface area contributed by atoms with Crippen molar-refractivity contribution in [2.24, 2.45) is 0 Å². The summed E-state index contributed by atoms with van der Waals surface area (Å²) in [5.41, 5.74) is 2.63. The average Bonchev–Trinajstić information content (AvgIpc) is 3.17. The Labute approximate surface area is 185 Å². The molecule has 0 aliphatic rings. The smallest absolute Gasteiger partial charge is 0.266 e. The lowest BCUT2D eigenvalue weighted by Crippen LogP contribution is -2.31. The maximum atomic E-state index is 13.3. The van der Waals surface area contributed by atoms with Gasteiger partial charge in [0, 0.05) is 15.2 Å². The van der Waals surface area contributed by atoms with Crippen LogP contribution in [0, 0.1) is 6.92 Å². The van der Waals surface area contributed by atoms with Gasteiger partial charge >= 0.3 is 0 Å². The molecule has 0 saturated carbocycles. The Morgan fingerprint density at radius 2 is 1.71 bits per heavy atom. The lowest BCUT2D eigenvalue weighted by atomic mass is 10.0. The lowest BCUT2D eigenvalue weighted by molar-refractivity contribution is 0.0980. The van der Waals surface area contributed by atoms with Crippen molar-refractivity contribution in [3.8, 4) is 0 Å². The zero-order valence-electron chi connectivity index (χ0n) is 17.1. The summed E-state index contributed by atoms with van der Waals surface area (Å²) in [5.74, 6) is -0.680. The number of rotatable bonds is 6. The molecule has 31 heavy (non-hydrogen) atoms. The van der Waals surface area contributed by atoms with Crippen molar-refractivity contribution in [3.05, 3.63) is 89.7 Å². The SMILES string of the molecule is CCc1coc2ccc(Sc3ccccc3)c(C(=O)NS(=O)(=O)c3ccc(C)cc3)c12. The maximum absolute atomic E-state index is 13.3. The molecule has 1 heterocycles. The van der Waals surface area contributed by atoms with E-state index in [0.29, 0.717) is 27.8 Å². The first-order valence-electron chi connectivity index (χ1n) is 9.79. The quantitative estimate of drug-likeness (QED) is 0.414. The lowest BCUT2D eigenvalue weighted by Gasteiger charge is -2.13. The summed E-state index contributed by atoms with van der Waals surface area (Å²) in [4.78, 5) is 15.0. The van der Waals surface area contributed by atoms with Gasteiger partial charge in [-0.2, -0.15) is 0 Å². The van der Waals surface area contributed by atoms with Crippen molar-refractivity contribution in [2.75, 3.05) is 0 Å². The van der Waals surface area contributed by atoms with Crippen LogP contribution >= 0.6 is 11.8 Å². The summed E-state index contributed by atoms with van der Waals surface area (Å²) in [6.07, 6.45) is 2.27. The van der Waals surface area contributed by atoms with Crippen LogP contribution in [0.25, 0.3) is 11.0 Å². The molecule has 5 nitrogen and oxygen atoms in total. The Hall–Kier alpha value is -3.03. The molecule has 7 heteroatoms. The van der Waals surface area contributed by atoms with Crippen molar-refractivity contribution in [1.29, 1.82) is 0 Å². The number of fused-ring (bicyclic) bond motifs is 1. The molecule has 1 N–H and O–H groups in total. The topological polar surface area (TPSA) is 76.4 Å². The summed E-state index contributed by atoms with van der Waals surface area (Å²) in [5, 5.41) is 0.639. The minimum Gasteiger partial charge on any atom is -0.464 e. The van der Waals surface area contributed by atoms with E-state index in [4.69, 9.17) is 4.42 Å². The van der Waals surface area contributed by atoms with Gasteiger partial charge in [-0.25, -0.2) is 13.1 Å². The number of furan rings is 1. The second-order valence-corrected chi connectivity index (χ2v) is 9.89. The van der Waals surface area contributed by atoms with Gasteiger partial charge in [0.25, 0.3) is 15.9 Å². The van der Waals surface area contributed by atoms with Gasteiger partial charge < -0.3 is 4.42 Å². The van der Waals surface area contributed by atoms with Gasteiger partial charge in [0.05, 0.1) is 16.7 Å². The van der Waals surface area contributed by atoms with E-state index in [1.165, 1.54) is 23.9 Å². The van der Waals surface area contributed by atoms with Gasteiger partial charge in [-0.1, -0.05) is 54.6 Å². The molecule has 4 rings (SSSR count). The van der Waals surface area contributed by atoms with Crippen molar-refractivity contribution in [2.45, 2.75) is 35.0 Å². The van der Waals surface area contributed by atoms with Crippen molar-refractivity contribution < 1.29 is 17.6 Å². The van der Waals surface area contributed by atoms with E-state index < -0.39 is 15.9 Å². The Morgan fingerprint density at radius 3 is 2.39 bits per heavy atom. The van der Waals surface area contributed by atoms with Gasteiger partial charge in [-0.15, -0.1) is 0 Å². The standard InChI is InChI=1S/C24H21NO4S2/c1-3-17-15-29-20-13-14-21(30-18-7-5-4-6-8-18)23(22(17)20)24(26)25-31(27,28)19-11-9-16(2)10-12-19/h4-15H,3H2,1-2H3,(H,25,26). The minimum atomic E-state index is -4.02. The van der Waals surface area contributed by atoms with Crippen LogP contribution < -0.4 is 4.72 Å². The normalized spacial score (nSPS) is 11.5. The zero-order valence-corrected chi connectivity index (χ0v) is 18.7. The molecule has 0 fully saturated rings. The monoisotopic (exact) mass is 451 g/mol. The summed E-state index contributed by atoms with van der Waals surface area (Å²) in [6, 6.07) is 19.6. The fraction of sp³-hybridized carbons (Fsp3) is 0.125. The third kappa shape index (κ3) is 4.38. The highest BCUT2D eigenvalue weighted by atomic mass is 32.2. The van der Waals surface area contributed by atoms with Gasteiger partial charge in [0.15, 0.2) is 0 Å². The number of benzene rings is 3. The molecule has 0 aliphatic heterocycles. The van der Waals surface area contributed by atoms with Crippen LogP contribution in [0.1, 0.15) is 28.4 Å². The van der Waals surface area contributed by atoms with Crippen LogP contribution in [-0.4, -0.2) is 14.3 Å². The van der Waals surface area contributed by atoms with Crippen molar-refractivity contribution in [3.63, 3.8) is 0 Å². The molecule has 0 saturated heterocycles. The number of hydrogen-bond acceptors (Lipinski definition) is 5. The van der Waals surface area contributed by atoms with Crippen LogP contribution in [-0.2, 0) is 16.4 Å². The average molecular weight is 452 g/mol. The largest absolute Gasteiger partial charge is 0.464 e. The zero-order chi connectivity index (χ0) is 22.0. The van der Waals surface area contributed by atoms with E-state index in [0.717, 1.165) is 16.0 Å². The highest BCUT2D eigenvalue weighted by Crippen LogP contribution is 2.37. The molecule has 0 spiro atoms. The van der Waals surface area contributed by atoms with Gasteiger partial charge in [0.2, 0.25) is 0 Å². The number of hydrogen-bond donors (Lipinski definition) is 1. The predicted octanol–water partition coefficient (Wildman–Crippen LogP) is 5.57. The van der Waals surface area contributed by atoms with E-state index in [9.17, 15) is 13.2 Å². The summed E-state index contributed by atoms with van der Waals surface area (Å²) in [6.45, 7) is 3.83. The second-order valence-electron chi connectivity index (χ2n) is 7.09. The van der Waals surface area contributed by atoms with E-state index in [-0.39, 0.29) is 4.90 Å². The van der Waals surface area contributed by atoms with E-state index in [1.54, 1.807) is 24.5 Å². The fourth-order valence-electron chi connectivity index (χ4n) is 3.31. The first-order chi connectivity index (χ1) is 14.9. The Morgan fingerprint density at radius 1 is 1.00 bits per heavy atom. The van der Waals surface area contributed by atoms with E-state index >= 15 is 0 Å². The Kier molecular flexibility index (Phi) is 5.89. The first kappa shape index (κ1) is 21.2. The van der Waals surface area contributed by atoms with Crippen LogP contribution in [0.5, 0.6) is 0 Å². The Bertz CT molecular complexity index is 1340. The van der Waals surface area contributed by atoms with Gasteiger partial charge in [-0.05, 0) is 55.3 Å². The van der Waals surface area contributed by atoms with Crippen LogP contribution in [0.4, 0.5) is 0 Å². The number of amides is 1. The van der Waals surface area contributed by atoms with Crippen molar-refractivity contribution in [1.82, 2.24) is 4.72 Å². The Balaban J connectivity index is 1.80. The second kappa shape index (κ2) is 8.61. The number of sulfonamides is 1. The molecule has 1 aromatic heterocycles. The molecule has 0 radical (unpaired) electrons. The number of nitrogens with one attached hydrogen (secondary N) is 1. The van der Waals surface area contributed by atoms with Crippen LogP contribution in [0.15, 0.2) is 92.1 Å². The number of carbonyl (C=O) groups is 1. The third-order valence-electron chi connectivity index (χ3n) is 4.92. The molecule has 0 atom stereocenters. The highest BCUT2D eigenvalue weighted by Gasteiger charge is 2.25. The number of carbonyl (C=O) groups excluding carboxylic acids is 1. The van der Waals surface area contributed by atoms with Gasteiger partial charge in [-0.3, -0.25) is 4.79 Å². The molecular formula is C24H21NO4S2. The van der Waals surface area contributed by atoms with E-state index in [2.05, 4.69) is 4.72 Å². The molecule has 0 unspecified atom stereocenters. The summed E-state index contributed by atoms with van der Waals surface area (Å²) >= 11 is 1.41. The maximum Gasteiger partial charge on any atom is 0.266 e. The van der Waals surface area contributed by atoms with Crippen molar-refractivity contribution >= 4 is 38.7 Å². The van der Waals surface area contributed by atoms with E-state index in [1.807, 2.05) is 50.2 Å². The van der Waals surface area contributed by atoms with Crippen LogP contribution in [0.3, 0.4) is 0 Å². The predicted molar refractivity (Wildman–Crippen MR) is 122 cm³/mol.